The molecule has 0 radical (unpaired) electrons. The van der Waals surface area contributed by atoms with Gasteiger partial charge in [-0.05, 0) is 98.5 Å². The summed E-state index contributed by atoms with van der Waals surface area (Å²) in [6, 6.07) is 29.5. The Hall–Kier alpha value is -5.11. The summed E-state index contributed by atoms with van der Waals surface area (Å²) in [6.45, 7) is 2.07. The molecule has 4 aromatic carbocycles. The van der Waals surface area contributed by atoms with Crippen molar-refractivity contribution in [3.63, 3.8) is 0 Å². The Kier molecular flexibility index (Phi) is 11.3. The zero-order chi connectivity index (χ0) is 33.2. The monoisotopic (exact) mass is 635 g/mol. The van der Waals surface area contributed by atoms with E-state index in [1.165, 1.54) is 30.7 Å². The summed E-state index contributed by atoms with van der Waals surface area (Å²) in [5.74, 6) is 0.297. The highest BCUT2D eigenvalue weighted by atomic mass is 16.5. The van der Waals surface area contributed by atoms with Crippen LogP contribution in [-0.4, -0.2) is 49.4 Å². The van der Waals surface area contributed by atoms with Crippen LogP contribution in [0.4, 0.5) is 0 Å². The second kappa shape index (κ2) is 15.9. The van der Waals surface area contributed by atoms with Crippen LogP contribution in [0.2, 0.25) is 0 Å². The van der Waals surface area contributed by atoms with Crippen LogP contribution in [0.3, 0.4) is 0 Å². The van der Waals surface area contributed by atoms with Gasteiger partial charge in [-0.25, -0.2) is 4.79 Å². The van der Waals surface area contributed by atoms with Gasteiger partial charge in [-0.2, -0.15) is 0 Å². The number of benzene rings is 4. The highest BCUT2D eigenvalue weighted by Gasteiger charge is 2.37. The fourth-order valence-electron chi connectivity index (χ4n) is 5.98. The fourth-order valence-corrected chi connectivity index (χ4v) is 5.98. The van der Waals surface area contributed by atoms with E-state index in [2.05, 4.69) is 12.1 Å². The van der Waals surface area contributed by atoms with Crippen molar-refractivity contribution in [2.45, 2.75) is 57.6 Å². The van der Waals surface area contributed by atoms with Gasteiger partial charge in [0.15, 0.2) is 11.5 Å². The maximum Gasteiger partial charge on any atom is 0.329 e. The average Bonchev–Trinajstić information content (AvgIpc) is 3.11. The highest BCUT2D eigenvalue weighted by molar-refractivity contribution is 6.43. The molecule has 8 nitrogen and oxygen atoms in total. The van der Waals surface area contributed by atoms with Gasteiger partial charge in [0.1, 0.15) is 23.6 Å². The van der Waals surface area contributed by atoms with Crippen molar-refractivity contribution >= 4 is 17.7 Å². The van der Waals surface area contributed by atoms with Crippen molar-refractivity contribution in [1.82, 2.24) is 4.90 Å². The molecule has 0 bridgehead atoms. The number of hydrogen-bond donors (Lipinski definition) is 0. The van der Waals surface area contributed by atoms with Crippen LogP contribution in [0.25, 0.3) is 0 Å². The van der Waals surface area contributed by atoms with Crippen molar-refractivity contribution in [1.29, 1.82) is 0 Å². The number of esters is 1. The summed E-state index contributed by atoms with van der Waals surface area (Å²) in [5, 5.41) is 0. The Morgan fingerprint density at radius 2 is 1.51 bits per heavy atom. The molecule has 0 spiro atoms. The maximum absolute atomic E-state index is 13.8. The lowest BCUT2D eigenvalue weighted by molar-refractivity contribution is -0.161. The number of rotatable bonds is 13. The van der Waals surface area contributed by atoms with Crippen LogP contribution in [0, 0.1) is 6.92 Å². The van der Waals surface area contributed by atoms with Crippen LogP contribution in [0.15, 0.2) is 97.1 Å². The largest absolute Gasteiger partial charge is 0.493 e. The van der Waals surface area contributed by atoms with E-state index in [9.17, 15) is 14.4 Å². The van der Waals surface area contributed by atoms with Crippen molar-refractivity contribution in [3.8, 4) is 23.0 Å². The number of para-hydroxylation sites is 1. The van der Waals surface area contributed by atoms with Gasteiger partial charge < -0.3 is 23.8 Å². The molecule has 5 rings (SSSR count). The highest BCUT2D eigenvalue weighted by Crippen LogP contribution is 2.33. The molecule has 1 heterocycles. The molecular formula is C39H41NO7. The molecule has 0 aromatic heterocycles. The second-order valence-corrected chi connectivity index (χ2v) is 11.7. The lowest BCUT2D eigenvalue weighted by Gasteiger charge is -2.34. The number of Topliss-reactive ketones (excluding diaryl/α,β-unsaturated/α-hetero) is 1. The molecule has 244 valence electrons. The molecule has 0 aliphatic carbocycles. The minimum atomic E-state index is -0.862. The van der Waals surface area contributed by atoms with Crippen LogP contribution < -0.4 is 14.2 Å². The molecule has 0 N–H and O–H groups in total. The smallest absolute Gasteiger partial charge is 0.329 e. The summed E-state index contributed by atoms with van der Waals surface area (Å²) >= 11 is 0. The molecule has 1 aliphatic heterocycles. The summed E-state index contributed by atoms with van der Waals surface area (Å²) < 4.78 is 22.9. The quantitative estimate of drug-likeness (QED) is 0.0846. The second-order valence-electron chi connectivity index (χ2n) is 11.7. The summed E-state index contributed by atoms with van der Waals surface area (Å²) in [6.07, 6.45) is 3.52. The standard InChI is InChI=1S/C39H41NO7/c1-27-25-30(26-35(44-2)37(27)45-3)36(41)38(42)40-24-11-10-18-33(40)39(43)47-34(19-12-15-28-13-6-4-7-14-28)29-20-22-32(23-21-29)46-31-16-8-5-9-17-31/h4-9,13-14,16-17,20-23,25-26,33-34H,10-12,15,18-19,24H2,1-3H3. The van der Waals surface area contributed by atoms with E-state index in [4.69, 9.17) is 18.9 Å². The number of aryl methyl sites for hydroxylation is 2. The molecule has 47 heavy (non-hydrogen) atoms. The zero-order valence-electron chi connectivity index (χ0n) is 27.1. The number of ketones is 1. The number of likely N-dealkylation sites (tertiary alicyclic amines) is 1. The van der Waals surface area contributed by atoms with Gasteiger partial charge in [0.25, 0.3) is 11.7 Å². The molecule has 1 saturated heterocycles. The molecule has 1 aliphatic rings. The number of methoxy groups -OCH3 is 2. The number of amides is 1. The van der Waals surface area contributed by atoms with E-state index in [1.807, 2.05) is 72.8 Å². The molecule has 2 unspecified atom stereocenters. The van der Waals surface area contributed by atoms with Crippen molar-refractivity contribution in [2.75, 3.05) is 20.8 Å². The van der Waals surface area contributed by atoms with Crippen molar-refractivity contribution < 1.29 is 33.3 Å². The Morgan fingerprint density at radius 1 is 0.830 bits per heavy atom. The van der Waals surface area contributed by atoms with Gasteiger partial charge in [0.2, 0.25) is 0 Å². The first-order valence-electron chi connectivity index (χ1n) is 16.0. The maximum atomic E-state index is 13.8. The first-order valence-corrected chi connectivity index (χ1v) is 16.0. The van der Waals surface area contributed by atoms with Crippen LogP contribution in [0.5, 0.6) is 23.0 Å². The normalized spacial score (nSPS) is 15.0. The van der Waals surface area contributed by atoms with Crippen LogP contribution in [0.1, 0.15) is 65.3 Å². The summed E-state index contributed by atoms with van der Waals surface area (Å²) in [4.78, 5) is 42.3. The fraction of sp³-hybridized carbons (Fsp3) is 0.308. The Balaban J connectivity index is 1.33. The Bertz CT molecular complexity index is 1650. The zero-order valence-corrected chi connectivity index (χ0v) is 27.1. The predicted molar refractivity (Wildman–Crippen MR) is 179 cm³/mol. The predicted octanol–water partition coefficient (Wildman–Crippen LogP) is 7.68. The first kappa shape index (κ1) is 33.3. The number of piperidine rings is 1. The third-order valence-electron chi connectivity index (χ3n) is 8.42. The van der Waals surface area contributed by atoms with Gasteiger partial charge in [0, 0.05) is 12.1 Å². The molecule has 8 heteroatoms. The van der Waals surface area contributed by atoms with Gasteiger partial charge in [-0.1, -0.05) is 60.7 Å². The Morgan fingerprint density at radius 3 is 2.19 bits per heavy atom. The lowest BCUT2D eigenvalue weighted by atomic mass is 9.98. The van der Waals surface area contributed by atoms with Crippen LogP contribution in [-0.2, 0) is 20.7 Å². The number of hydrogen-bond acceptors (Lipinski definition) is 7. The molecule has 1 fully saturated rings. The lowest BCUT2D eigenvalue weighted by Crippen LogP contribution is -2.51. The van der Waals surface area contributed by atoms with E-state index >= 15 is 0 Å². The topological polar surface area (TPSA) is 91.4 Å². The molecular weight excluding hydrogens is 594 g/mol. The van der Waals surface area contributed by atoms with E-state index in [0.717, 1.165) is 30.6 Å². The van der Waals surface area contributed by atoms with Gasteiger partial charge in [-0.3, -0.25) is 9.59 Å². The van der Waals surface area contributed by atoms with E-state index < -0.39 is 29.8 Å². The molecule has 4 aromatic rings. The minimum Gasteiger partial charge on any atom is -0.493 e. The van der Waals surface area contributed by atoms with Crippen molar-refractivity contribution in [2.24, 2.45) is 0 Å². The molecule has 1 amide bonds. The van der Waals surface area contributed by atoms with E-state index in [0.29, 0.717) is 48.6 Å². The van der Waals surface area contributed by atoms with Gasteiger partial charge >= 0.3 is 5.97 Å². The third kappa shape index (κ3) is 8.38. The summed E-state index contributed by atoms with van der Waals surface area (Å²) in [5.41, 5.74) is 2.88. The van der Waals surface area contributed by atoms with E-state index in [-0.39, 0.29) is 5.56 Å². The number of nitrogens with zero attached hydrogens (tertiary/aromatic N) is 1. The first-order chi connectivity index (χ1) is 22.9. The van der Waals surface area contributed by atoms with Gasteiger partial charge in [-0.15, -0.1) is 0 Å². The van der Waals surface area contributed by atoms with Crippen LogP contribution >= 0.6 is 0 Å². The van der Waals surface area contributed by atoms with Gasteiger partial charge in [0.05, 0.1) is 14.2 Å². The minimum absolute atomic E-state index is 0.180. The number of ether oxygens (including phenoxy) is 4. The SMILES string of the molecule is COc1cc(C(=O)C(=O)N2CCCCC2C(=O)OC(CCCc2ccccc2)c2ccc(Oc3ccccc3)cc2)cc(C)c1OC. The summed E-state index contributed by atoms with van der Waals surface area (Å²) in [7, 11) is 2.99. The van der Waals surface area contributed by atoms with E-state index in [1.54, 1.807) is 13.0 Å². The van der Waals surface area contributed by atoms with Crippen molar-refractivity contribution in [3.05, 3.63) is 119 Å². The Labute approximate surface area is 276 Å². The number of carbonyl (C=O) groups excluding carboxylic acids is 3. The molecule has 0 saturated carbocycles. The average molecular weight is 636 g/mol. The number of carbonyl (C=O) groups is 3. The third-order valence-corrected chi connectivity index (χ3v) is 8.42. The molecule has 2 atom stereocenters.